The molecule has 0 spiro atoms. The summed E-state index contributed by atoms with van der Waals surface area (Å²) in [5.74, 6) is 6.17. The Labute approximate surface area is 605 Å². The molecule has 6 aliphatic rings. The van der Waals surface area contributed by atoms with Gasteiger partial charge in [0.2, 0.25) is 0 Å². The summed E-state index contributed by atoms with van der Waals surface area (Å²) in [7, 11) is 0. The van der Waals surface area contributed by atoms with Gasteiger partial charge in [0.15, 0.2) is 0 Å². The third-order valence-electron chi connectivity index (χ3n) is 21.6. The van der Waals surface area contributed by atoms with E-state index in [1.807, 2.05) is 0 Å². The van der Waals surface area contributed by atoms with Crippen LogP contribution in [-0.2, 0) is 0 Å². The number of para-hydroxylation sites is 10. The summed E-state index contributed by atoms with van der Waals surface area (Å²) in [6, 6.07) is 122. The van der Waals surface area contributed by atoms with Crippen LogP contribution in [0.3, 0.4) is 0 Å². The van der Waals surface area contributed by atoms with E-state index in [9.17, 15) is 0 Å². The molecule has 488 valence electrons. The van der Waals surface area contributed by atoms with Crippen LogP contribution in [0.1, 0.15) is 11.1 Å². The van der Waals surface area contributed by atoms with Crippen LogP contribution in [0.25, 0.3) is 0 Å². The highest BCUT2D eigenvalue weighted by Crippen LogP contribution is 2.53. The molecule has 21 rings (SSSR count). The van der Waals surface area contributed by atoms with E-state index in [-0.39, 0.29) is 20.1 Å². The first-order valence-corrected chi connectivity index (χ1v) is 35.6. The average molecular weight is 1330 g/mol. The van der Waals surface area contributed by atoms with Crippen LogP contribution >= 0.6 is 0 Å². The number of fused-ring (bicyclic) bond motifs is 12. The molecule has 0 amide bonds. The van der Waals surface area contributed by atoms with E-state index in [1.165, 1.54) is 5.46 Å². The molecule has 0 unspecified atom stereocenters. The first-order chi connectivity index (χ1) is 51.4. The van der Waals surface area contributed by atoms with E-state index in [2.05, 4.69) is 378 Å². The molecule has 15 aromatic rings. The minimum atomic E-state index is -0.357. The number of benzene rings is 15. The molecule has 0 saturated heterocycles. The van der Waals surface area contributed by atoms with Crippen molar-refractivity contribution >= 4 is 155 Å². The highest BCUT2D eigenvalue weighted by molar-refractivity contribution is 7.03. The maximum Gasteiger partial charge on any atom is 0.260 e. The Morgan fingerprint density at radius 2 is 0.481 bits per heavy atom. The fraction of sp³-hybridized carbons (Fsp3) is 0.0217. The van der Waals surface area contributed by atoms with E-state index < -0.39 is 0 Å². The molecule has 9 nitrogen and oxygen atoms in total. The number of aryl methyl sites for hydroxylation is 2. The lowest BCUT2D eigenvalue weighted by molar-refractivity contribution is 0.464. The van der Waals surface area contributed by atoms with E-state index in [1.54, 1.807) is 0 Å². The van der Waals surface area contributed by atoms with Crippen molar-refractivity contribution in [3.8, 4) is 46.0 Å². The molecule has 0 N–H and O–H groups in total. The summed E-state index contributed by atoms with van der Waals surface area (Å²) in [4.78, 5) is 12.0. The predicted octanol–water partition coefficient (Wildman–Crippen LogP) is 18.3. The largest absolute Gasteiger partial charge is 0.458 e. The number of anilines is 15. The Morgan fingerprint density at radius 3 is 0.817 bits per heavy atom. The molecule has 0 bridgehead atoms. The van der Waals surface area contributed by atoms with Gasteiger partial charge in [0, 0.05) is 116 Å². The van der Waals surface area contributed by atoms with Gasteiger partial charge in [-0.15, -0.1) is 0 Å². The maximum absolute atomic E-state index is 7.69. The summed E-state index contributed by atoms with van der Waals surface area (Å²) in [5.41, 5.74) is 27.2. The number of hydrogen-bond acceptors (Lipinski definition) is 9. The van der Waals surface area contributed by atoms with E-state index >= 15 is 0 Å². The topological polar surface area (TPSA) is 53.1 Å². The molecule has 0 aliphatic carbocycles. The van der Waals surface area contributed by atoms with E-state index in [4.69, 9.17) is 18.9 Å². The highest BCUT2D eigenvalue weighted by atomic mass is 16.5. The molecule has 6 aliphatic heterocycles. The fourth-order valence-electron chi connectivity index (χ4n) is 17.2. The SMILES string of the molecule is Cc1ccccc1N1c2cc3c(cc2B2c4cc5c(cc4N(c4ccccc4C)c4cc(N(c6ccccc6)c6ccccc6)cc1c42)Oc1cc(N(c2ccccc2)c2ccccc2)cc2c1B5c1ccccc1O2)B1c2ccccc2Oc2cc(N(c4ccccc4)c4ccccc4)cc(c21)O3. The minimum absolute atomic E-state index is 0.267. The van der Waals surface area contributed by atoms with Crippen LogP contribution < -0.4 is 92.6 Å². The van der Waals surface area contributed by atoms with Gasteiger partial charge in [-0.05, 0) is 172 Å². The lowest BCUT2D eigenvalue weighted by Crippen LogP contribution is -2.65. The van der Waals surface area contributed by atoms with E-state index in [0.717, 1.165) is 186 Å². The Hall–Kier alpha value is -13.3. The van der Waals surface area contributed by atoms with Crippen molar-refractivity contribution in [3.63, 3.8) is 0 Å². The standard InChI is InChI=1S/C92H62B3N5O4/c1-59-29-21-25-45-76(59)99-78-57-84-74(93-70-43-23-27-47-82(70)101-86-51-68(53-88(103-84)91(86)93)97(63-35-13-5-14-36-63)64-37-15-6-16-38-64)55-72(78)95-73-56-75-85(104-89-54-69(52-87-92(89)94(75)71-44-24-28-48-83(71)102-87)98(65-39-17-7-18-40-65)66-41-19-8-20-42-66)58-79(73)100(77-46-26-22-30-60(77)2)81-50-67(49-80(99)90(81)95)96(61-31-9-3-10-32-61)62-33-11-4-12-34-62/h3-58H,1-2H3. The number of ether oxygens (including phenoxy) is 4. The summed E-state index contributed by atoms with van der Waals surface area (Å²) < 4.78 is 29.7. The molecular formula is C92H62B3N5O4. The highest BCUT2D eigenvalue weighted by Gasteiger charge is 2.50. The average Bonchev–Trinajstić information content (AvgIpc) is 0.682. The quantitative estimate of drug-likeness (QED) is 0.118. The number of nitrogens with zero attached hydrogens (tertiary/aromatic N) is 5. The van der Waals surface area contributed by atoms with Crippen molar-refractivity contribution in [1.29, 1.82) is 0 Å². The van der Waals surface area contributed by atoms with Crippen molar-refractivity contribution in [3.05, 3.63) is 351 Å². The first kappa shape index (κ1) is 59.5. The van der Waals surface area contributed by atoms with Gasteiger partial charge in [-0.1, -0.05) is 194 Å². The Kier molecular flexibility index (Phi) is 13.5. The van der Waals surface area contributed by atoms with Gasteiger partial charge in [0.1, 0.15) is 46.0 Å². The van der Waals surface area contributed by atoms with Crippen molar-refractivity contribution in [2.45, 2.75) is 13.8 Å². The second kappa shape index (κ2) is 23.7. The maximum atomic E-state index is 7.69. The van der Waals surface area contributed by atoms with Crippen LogP contribution in [0.15, 0.2) is 340 Å². The lowest BCUT2D eigenvalue weighted by Gasteiger charge is -2.46. The van der Waals surface area contributed by atoms with Crippen LogP contribution in [-0.4, -0.2) is 20.1 Å². The molecule has 15 aromatic carbocycles. The summed E-state index contributed by atoms with van der Waals surface area (Å²) >= 11 is 0. The van der Waals surface area contributed by atoms with Gasteiger partial charge in [-0.25, -0.2) is 0 Å². The van der Waals surface area contributed by atoms with Gasteiger partial charge in [-0.2, -0.15) is 0 Å². The second-order valence-corrected chi connectivity index (χ2v) is 27.6. The number of hydrogen-bond donors (Lipinski definition) is 0. The van der Waals surface area contributed by atoms with Crippen LogP contribution in [0.4, 0.5) is 85.3 Å². The van der Waals surface area contributed by atoms with Crippen molar-refractivity contribution in [2.24, 2.45) is 0 Å². The minimum Gasteiger partial charge on any atom is -0.458 e. The molecule has 0 fully saturated rings. The second-order valence-electron chi connectivity index (χ2n) is 27.6. The smallest absolute Gasteiger partial charge is 0.260 e. The zero-order chi connectivity index (χ0) is 68.7. The molecule has 0 saturated carbocycles. The Bertz CT molecular complexity index is 5540. The Balaban J connectivity index is 0.849. The van der Waals surface area contributed by atoms with Crippen LogP contribution in [0.5, 0.6) is 46.0 Å². The molecule has 104 heavy (non-hydrogen) atoms. The zero-order valence-corrected chi connectivity index (χ0v) is 56.9. The van der Waals surface area contributed by atoms with E-state index in [0.29, 0.717) is 0 Å². The monoisotopic (exact) mass is 1330 g/mol. The third-order valence-corrected chi connectivity index (χ3v) is 21.6. The van der Waals surface area contributed by atoms with Gasteiger partial charge in [0.25, 0.3) is 20.1 Å². The molecule has 6 heterocycles. The normalized spacial score (nSPS) is 13.1. The Morgan fingerprint density at radius 1 is 0.202 bits per heavy atom. The van der Waals surface area contributed by atoms with Crippen LogP contribution in [0, 0.1) is 13.8 Å². The summed E-state index contributed by atoms with van der Waals surface area (Å²) in [6.45, 7) is 3.58. The molecule has 0 radical (unpaired) electrons. The lowest BCUT2D eigenvalue weighted by atomic mass is 9.29. The van der Waals surface area contributed by atoms with Crippen molar-refractivity contribution in [2.75, 3.05) is 24.5 Å². The van der Waals surface area contributed by atoms with Gasteiger partial charge in [0.05, 0.1) is 17.1 Å². The number of rotatable bonds is 11. The molecular weight excluding hydrogens is 1270 g/mol. The molecule has 12 heteroatoms. The first-order valence-electron chi connectivity index (χ1n) is 35.6. The predicted molar refractivity (Wildman–Crippen MR) is 429 cm³/mol. The third kappa shape index (κ3) is 9.31. The summed E-state index contributed by atoms with van der Waals surface area (Å²) in [5, 5.41) is 0. The molecule has 0 aromatic heterocycles. The fourth-order valence-corrected chi connectivity index (χ4v) is 17.2. The van der Waals surface area contributed by atoms with Crippen molar-refractivity contribution < 1.29 is 18.9 Å². The van der Waals surface area contributed by atoms with Gasteiger partial charge >= 0.3 is 0 Å². The van der Waals surface area contributed by atoms with Crippen LogP contribution in [0.2, 0.25) is 0 Å². The summed E-state index contributed by atoms with van der Waals surface area (Å²) in [6.07, 6.45) is 0. The molecule has 0 atom stereocenters. The van der Waals surface area contributed by atoms with Crippen molar-refractivity contribution in [1.82, 2.24) is 0 Å². The zero-order valence-electron chi connectivity index (χ0n) is 56.9. The van der Waals surface area contributed by atoms with Gasteiger partial charge < -0.3 is 43.4 Å². The van der Waals surface area contributed by atoms with Gasteiger partial charge in [-0.3, -0.25) is 0 Å².